The van der Waals surface area contributed by atoms with Crippen LogP contribution in [0.5, 0.6) is 0 Å². The Morgan fingerprint density at radius 2 is 1.50 bits per heavy atom. The molecule has 0 fully saturated rings. The molecular weight excluding hydrogens is 228 g/mol. The van der Waals surface area contributed by atoms with E-state index in [1.165, 1.54) is 6.92 Å². The number of benzene rings is 1. The molecule has 1 rings (SSSR count). The molecule has 0 atom stereocenters. The molecule has 0 heterocycles. The Kier molecular flexibility index (Phi) is 12.0. The maximum Gasteiger partial charge on any atom is 0.253 e. The van der Waals surface area contributed by atoms with Gasteiger partial charge in [0.25, 0.3) is 5.91 Å². The van der Waals surface area contributed by atoms with Gasteiger partial charge in [-0.1, -0.05) is 39.8 Å². The average Bonchev–Trinajstić information content (AvgIpc) is 2.42. The SMILES string of the molecule is CC.CC.CNC(=O)c1ccccc1NC(C)=O. The standard InChI is InChI=1S/C10H12N2O2.2C2H6/c1-7(13)12-9-6-4-3-5-8(9)10(14)11-2;2*1-2/h3-6H,1-2H3,(H,11,14)(H,12,13);2*1-2H3. The van der Waals surface area contributed by atoms with Crippen LogP contribution < -0.4 is 10.6 Å². The Bertz CT molecular complexity index is 363. The number of amides is 2. The highest BCUT2D eigenvalue weighted by Gasteiger charge is 2.09. The molecule has 0 aromatic heterocycles. The Morgan fingerprint density at radius 1 is 1.00 bits per heavy atom. The van der Waals surface area contributed by atoms with Crippen molar-refractivity contribution in [3.8, 4) is 0 Å². The number of hydrogen-bond donors (Lipinski definition) is 2. The molecule has 1 aromatic rings. The van der Waals surface area contributed by atoms with Gasteiger partial charge in [-0.05, 0) is 12.1 Å². The van der Waals surface area contributed by atoms with Crippen LogP contribution in [0.15, 0.2) is 24.3 Å². The summed E-state index contributed by atoms with van der Waals surface area (Å²) in [5, 5.41) is 5.09. The number of para-hydroxylation sites is 1. The smallest absolute Gasteiger partial charge is 0.253 e. The van der Waals surface area contributed by atoms with Crippen molar-refractivity contribution in [3.05, 3.63) is 29.8 Å². The number of anilines is 1. The van der Waals surface area contributed by atoms with Crippen molar-refractivity contribution in [3.63, 3.8) is 0 Å². The lowest BCUT2D eigenvalue weighted by molar-refractivity contribution is -0.114. The summed E-state index contributed by atoms with van der Waals surface area (Å²) < 4.78 is 0. The maximum atomic E-state index is 11.4. The Morgan fingerprint density at radius 3 is 1.94 bits per heavy atom. The van der Waals surface area contributed by atoms with Gasteiger partial charge in [-0.25, -0.2) is 0 Å². The summed E-state index contributed by atoms with van der Waals surface area (Å²) in [4.78, 5) is 22.2. The molecule has 18 heavy (non-hydrogen) atoms. The number of carbonyl (C=O) groups excluding carboxylic acids is 2. The van der Waals surface area contributed by atoms with E-state index in [4.69, 9.17) is 0 Å². The fraction of sp³-hybridized carbons (Fsp3) is 0.429. The van der Waals surface area contributed by atoms with Gasteiger partial charge in [0.15, 0.2) is 0 Å². The van der Waals surface area contributed by atoms with Crippen LogP contribution >= 0.6 is 0 Å². The molecule has 1 aromatic carbocycles. The largest absolute Gasteiger partial charge is 0.355 e. The van der Waals surface area contributed by atoms with Crippen molar-refractivity contribution >= 4 is 17.5 Å². The highest BCUT2D eigenvalue weighted by atomic mass is 16.2. The Hall–Kier alpha value is -1.84. The highest BCUT2D eigenvalue weighted by Crippen LogP contribution is 2.14. The summed E-state index contributed by atoms with van der Waals surface area (Å²) in [7, 11) is 1.55. The van der Waals surface area contributed by atoms with Crippen LogP contribution in [-0.2, 0) is 4.79 Å². The monoisotopic (exact) mass is 252 g/mol. The van der Waals surface area contributed by atoms with Gasteiger partial charge in [-0.3, -0.25) is 9.59 Å². The predicted octanol–water partition coefficient (Wildman–Crippen LogP) is 3.06. The van der Waals surface area contributed by atoms with Crippen molar-refractivity contribution in [2.75, 3.05) is 12.4 Å². The summed E-state index contributed by atoms with van der Waals surface area (Å²) in [5.74, 6) is -0.407. The molecular formula is C14H24N2O2. The van der Waals surface area contributed by atoms with E-state index in [1.807, 2.05) is 27.7 Å². The van der Waals surface area contributed by atoms with Crippen molar-refractivity contribution in [1.82, 2.24) is 5.32 Å². The van der Waals surface area contributed by atoms with Gasteiger partial charge in [0, 0.05) is 14.0 Å². The predicted molar refractivity (Wildman–Crippen MR) is 76.8 cm³/mol. The molecule has 0 spiro atoms. The quantitative estimate of drug-likeness (QED) is 0.850. The molecule has 2 N–H and O–H groups in total. The fourth-order valence-corrected chi connectivity index (χ4v) is 1.11. The second kappa shape index (κ2) is 11.6. The molecule has 4 heteroatoms. The third kappa shape index (κ3) is 6.68. The van der Waals surface area contributed by atoms with Crippen molar-refractivity contribution in [2.24, 2.45) is 0 Å². The maximum absolute atomic E-state index is 11.4. The number of nitrogens with one attached hydrogen (secondary N) is 2. The van der Waals surface area contributed by atoms with Crippen molar-refractivity contribution < 1.29 is 9.59 Å². The van der Waals surface area contributed by atoms with Gasteiger partial charge in [0.05, 0.1) is 11.3 Å². The van der Waals surface area contributed by atoms with E-state index in [0.717, 1.165) is 0 Å². The second-order valence-corrected chi connectivity index (χ2v) is 2.81. The molecule has 0 aliphatic heterocycles. The molecule has 0 bridgehead atoms. The van der Waals surface area contributed by atoms with Gasteiger partial charge in [0.1, 0.15) is 0 Å². The van der Waals surface area contributed by atoms with Gasteiger partial charge in [-0.2, -0.15) is 0 Å². The molecule has 2 amide bonds. The summed E-state index contributed by atoms with van der Waals surface area (Å²) in [6, 6.07) is 6.85. The second-order valence-electron chi connectivity index (χ2n) is 2.81. The fourth-order valence-electron chi connectivity index (χ4n) is 1.11. The van der Waals surface area contributed by atoms with Gasteiger partial charge >= 0.3 is 0 Å². The van der Waals surface area contributed by atoms with Crippen LogP contribution in [0.4, 0.5) is 5.69 Å². The zero-order chi connectivity index (χ0) is 14.6. The van der Waals surface area contributed by atoms with E-state index >= 15 is 0 Å². The first kappa shape index (κ1) is 18.5. The summed E-state index contributed by atoms with van der Waals surface area (Å²) in [5.41, 5.74) is 0.990. The first-order valence-corrected chi connectivity index (χ1v) is 6.24. The third-order valence-corrected chi connectivity index (χ3v) is 1.71. The van der Waals surface area contributed by atoms with Crippen LogP contribution in [0.3, 0.4) is 0 Å². The van der Waals surface area contributed by atoms with Crippen LogP contribution in [0.2, 0.25) is 0 Å². The van der Waals surface area contributed by atoms with Crippen LogP contribution in [0.1, 0.15) is 45.0 Å². The topological polar surface area (TPSA) is 58.2 Å². The van der Waals surface area contributed by atoms with Crippen molar-refractivity contribution in [2.45, 2.75) is 34.6 Å². The third-order valence-electron chi connectivity index (χ3n) is 1.71. The first-order valence-electron chi connectivity index (χ1n) is 6.24. The lowest BCUT2D eigenvalue weighted by Gasteiger charge is -2.07. The molecule has 0 saturated carbocycles. The molecule has 0 unspecified atom stereocenters. The average molecular weight is 252 g/mol. The minimum absolute atomic E-state index is 0.193. The Balaban J connectivity index is 0. The molecule has 102 valence electrons. The van der Waals surface area contributed by atoms with E-state index < -0.39 is 0 Å². The number of rotatable bonds is 2. The summed E-state index contributed by atoms with van der Waals surface area (Å²) in [6.45, 7) is 9.40. The number of carbonyl (C=O) groups is 2. The van der Waals surface area contributed by atoms with Gasteiger partial charge in [-0.15, -0.1) is 0 Å². The van der Waals surface area contributed by atoms with Crippen LogP contribution in [0.25, 0.3) is 0 Å². The van der Waals surface area contributed by atoms with E-state index in [0.29, 0.717) is 11.3 Å². The van der Waals surface area contributed by atoms with Crippen LogP contribution in [-0.4, -0.2) is 18.9 Å². The lowest BCUT2D eigenvalue weighted by atomic mass is 10.1. The summed E-state index contributed by atoms with van der Waals surface area (Å²) >= 11 is 0. The van der Waals surface area contributed by atoms with E-state index in [-0.39, 0.29) is 11.8 Å². The van der Waals surface area contributed by atoms with Gasteiger partial charge in [0.2, 0.25) is 5.91 Å². The van der Waals surface area contributed by atoms with Crippen molar-refractivity contribution in [1.29, 1.82) is 0 Å². The molecule has 0 radical (unpaired) electrons. The summed E-state index contributed by atoms with van der Waals surface area (Å²) in [6.07, 6.45) is 0. The minimum atomic E-state index is -0.214. The lowest BCUT2D eigenvalue weighted by Crippen LogP contribution is -2.20. The number of hydrogen-bond acceptors (Lipinski definition) is 2. The van der Waals surface area contributed by atoms with E-state index in [9.17, 15) is 9.59 Å². The highest BCUT2D eigenvalue weighted by molar-refractivity contribution is 6.03. The molecule has 0 aliphatic carbocycles. The normalized spacial score (nSPS) is 7.89. The van der Waals surface area contributed by atoms with E-state index in [2.05, 4.69) is 10.6 Å². The zero-order valence-electron chi connectivity index (χ0n) is 12.1. The minimum Gasteiger partial charge on any atom is -0.355 e. The molecule has 0 aliphatic rings. The Labute approximate surface area is 110 Å². The molecule has 4 nitrogen and oxygen atoms in total. The zero-order valence-corrected chi connectivity index (χ0v) is 12.1. The van der Waals surface area contributed by atoms with Crippen LogP contribution in [0, 0.1) is 0 Å². The first-order chi connectivity index (χ1) is 8.65. The molecule has 0 saturated heterocycles. The van der Waals surface area contributed by atoms with E-state index in [1.54, 1.807) is 31.3 Å². The van der Waals surface area contributed by atoms with Gasteiger partial charge < -0.3 is 10.6 Å².